The molecule has 1 saturated heterocycles. The van der Waals surface area contributed by atoms with Crippen LogP contribution in [-0.4, -0.2) is 117 Å². The van der Waals surface area contributed by atoms with Crippen LogP contribution in [0.25, 0.3) is 6.08 Å². The topological polar surface area (TPSA) is 228 Å². The molecule has 0 aromatic heterocycles. The Balaban J connectivity index is 1.54. The SMILES string of the molecule is CCC(C)C(=O)O[C@@H]1OC=C(CO[C@@H]2O[C@H](CO)[C@@H](O)[C@H](O)[C@H]2OC(=O)/C=C/c2ccc(O)cc2)[C@H]2C[C@H](O)[C@](O)(COC(C)=O)[C@@H]12. The maximum atomic E-state index is 12.7. The fourth-order valence-electron chi connectivity index (χ4n) is 5.76. The van der Waals surface area contributed by atoms with Crippen LogP contribution in [0, 0.1) is 17.8 Å². The lowest BCUT2D eigenvalue weighted by Crippen LogP contribution is -2.60. The second kappa shape index (κ2) is 15.6. The van der Waals surface area contributed by atoms with Crippen molar-refractivity contribution in [3.05, 3.63) is 47.7 Å². The summed E-state index contributed by atoms with van der Waals surface area (Å²) in [7, 11) is 0. The van der Waals surface area contributed by atoms with E-state index in [1.54, 1.807) is 26.0 Å². The lowest BCUT2D eigenvalue weighted by atomic mass is 9.80. The average molecular weight is 667 g/mol. The van der Waals surface area contributed by atoms with Gasteiger partial charge < -0.3 is 59.1 Å². The maximum absolute atomic E-state index is 12.7. The van der Waals surface area contributed by atoms with Gasteiger partial charge in [-0.3, -0.25) is 9.59 Å². The van der Waals surface area contributed by atoms with Gasteiger partial charge in [-0.1, -0.05) is 26.0 Å². The molecule has 2 aliphatic heterocycles. The highest BCUT2D eigenvalue weighted by molar-refractivity contribution is 5.87. The number of phenols is 1. The first-order chi connectivity index (χ1) is 22.3. The van der Waals surface area contributed by atoms with E-state index in [1.807, 2.05) is 0 Å². The van der Waals surface area contributed by atoms with Crippen molar-refractivity contribution in [2.75, 3.05) is 19.8 Å². The number of ether oxygens (including phenoxy) is 6. The smallest absolute Gasteiger partial charge is 0.331 e. The van der Waals surface area contributed by atoms with E-state index < -0.39 is 97.6 Å². The summed E-state index contributed by atoms with van der Waals surface area (Å²) in [5, 5.41) is 63.0. The summed E-state index contributed by atoms with van der Waals surface area (Å²) in [4.78, 5) is 37.0. The zero-order chi connectivity index (χ0) is 34.5. The number of aromatic hydroxyl groups is 1. The largest absolute Gasteiger partial charge is 0.508 e. The molecule has 1 saturated carbocycles. The predicted molar refractivity (Wildman–Crippen MR) is 158 cm³/mol. The molecule has 4 rings (SSSR count). The van der Waals surface area contributed by atoms with Crippen molar-refractivity contribution in [2.45, 2.75) is 82.3 Å². The number of aliphatic hydroxyl groups excluding tert-OH is 4. The molecule has 2 fully saturated rings. The number of esters is 3. The van der Waals surface area contributed by atoms with E-state index in [9.17, 15) is 45.0 Å². The molecule has 15 heteroatoms. The van der Waals surface area contributed by atoms with Crippen LogP contribution in [0.5, 0.6) is 5.75 Å². The molecule has 15 nitrogen and oxygen atoms in total. The molecule has 1 aromatic rings. The van der Waals surface area contributed by atoms with Crippen LogP contribution >= 0.6 is 0 Å². The van der Waals surface area contributed by atoms with Gasteiger partial charge in [-0.05, 0) is 42.2 Å². The fourth-order valence-corrected chi connectivity index (χ4v) is 5.76. The minimum atomic E-state index is -2.07. The number of phenolic OH excluding ortho intramolecular Hbond substituents is 1. The van der Waals surface area contributed by atoms with Gasteiger partial charge in [0.25, 0.3) is 0 Å². The van der Waals surface area contributed by atoms with Crippen LogP contribution in [0.1, 0.15) is 39.2 Å². The average Bonchev–Trinajstić information content (AvgIpc) is 3.32. The summed E-state index contributed by atoms with van der Waals surface area (Å²) in [6, 6.07) is 5.95. The van der Waals surface area contributed by atoms with Crippen LogP contribution in [-0.2, 0) is 42.8 Å². The third-order valence-electron chi connectivity index (χ3n) is 8.74. The van der Waals surface area contributed by atoms with Gasteiger partial charge in [0.1, 0.15) is 36.3 Å². The van der Waals surface area contributed by atoms with E-state index in [2.05, 4.69) is 0 Å². The Morgan fingerprint density at radius 2 is 1.79 bits per heavy atom. The lowest BCUT2D eigenvalue weighted by Gasteiger charge is -2.42. The van der Waals surface area contributed by atoms with Gasteiger partial charge >= 0.3 is 17.9 Å². The van der Waals surface area contributed by atoms with Gasteiger partial charge in [0.05, 0.1) is 37.4 Å². The fraction of sp³-hybridized carbons (Fsp3) is 0.594. The number of fused-ring (bicyclic) bond motifs is 1. The quantitative estimate of drug-likeness (QED) is 0.0972. The van der Waals surface area contributed by atoms with Crippen molar-refractivity contribution >= 4 is 24.0 Å². The zero-order valence-corrected chi connectivity index (χ0v) is 26.2. The van der Waals surface area contributed by atoms with E-state index in [4.69, 9.17) is 28.4 Å². The highest BCUT2D eigenvalue weighted by Crippen LogP contribution is 2.50. The van der Waals surface area contributed by atoms with Gasteiger partial charge in [-0.2, -0.15) is 0 Å². The molecule has 3 aliphatic rings. The molecule has 1 aromatic carbocycles. The molecular weight excluding hydrogens is 624 g/mol. The Labute approximate surface area is 270 Å². The second-order valence-corrected chi connectivity index (χ2v) is 11.9. The molecule has 47 heavy (non-hydrogen) atoms. The first-order valence-corrected chi connectivity index (χ1v) is 15.3. The normalized spacial score (nSPS) is 34.1. The summed E-state index contributed by atoms with van der Waals surface area (Å²) in [6.07, 6.45) is -6.39. The molecule has 2 heterocycles. The Morgan fingerprint density at radius 1 is 1.09 bits per heavy atom. The molecule has 0 spiro atoms. The van der Waals surface area contributed by atoms with Gasteiger partial charge in [-0.15, -0.1) is 0 Å². The van der Waals surface area contributed by atoms with Crippen molar-refractivity contribution in [2.24, 2.45) is 17.8 Å². The van der Waals surface area contributed by atoms with Crippen LogP contribution in [0.4, 0.5) is 0 Å². The standard InChI is InChI=1S/C32H42O15/c1-4-16(2)29(40)47-30-25-21(11-23(36)32(25,41)15-44-17(3)34)19(13-42-30)14-43-31-28(27(39)26(38)22(12-33)45-31)46-24(37)10-7-18-5-8-20(35)9-6-18/h5-10,13,16,21-23,25-28,30-31,33,35-36,38-39,41H,4,11-12,14-15H2,1-3H3/b10-7+/t16?,21-,22-,23+,25-,26-,27+,28-,30+,31-,32-/m1/s1. The Kier molecular flexibility index (Phi) is 12.0. The maximum Gasteiger partial charge on any atom is 0.331 e. The summed E-state index contributed by atoms with van der Waals surface area (Å²) in [5.41, 5.74) is -1.15. The molecule has 260 valence electrons. The summed E-state index contributed by atoms with van der Waals surface area (Å²) >= 11 is 0. The number of benzene rings is 1. The molecule has 6 N–H and O–H groups in total. The highest BCUT2D eigenvalue weighted by Gasteiger charge is 2.61. The minimum absolute atomic E-state index is 0.0354. The summed E-state index contributed by atoms with van der Waals surface area (Å²) < 4.78 is 33.3. The van der Waals surface area contributed by atoms with E-state index in [0.29, 0.717) is 17.6 Å². The predicted octanol–water partition coefficient (Wildman–Crippen LogP) is -0.106. The van der Waals surface area contributed by atoms with E-state index >= 15 is 0 Å². The zero-order valence-electron chi connectivity index (χ0n) is 26.2. The van der Waals surface area contributed by atoms with Gasteiger partial charge in [-0.25, -0.2) is 4.79 Å². The Hall–Kier alpha value is -3.57. The Bertz CT molecular complexity index is 1310. The second-order valence-electron chi connectivity index (χ2n) is 11.9. The van der Waals surface area contributed by atoms with E-state index in [-0.39, 0.29) is 18.8 Å². The lowest BCUT2D eigenvalue weighted by molar-refractivity contribution is -0.302. The van der Waals surface area contributed by atoms with Crippen LogP contribution < -0.4 is 0 Å². The van der Waals surface area contributed by atoms with Crippen molar-refractivity contribution in [3.63, 3.8) is 0 Å². The first-order valence-electron chi connectivity index (χ1n) is 15.3. The van der Waals surface area contributed by atoms with Crippen molar-refractivity contribution < 1.29 is 73.4 Å². The molecule has 0 radical (unpaired) electrons. The van der Waals surface area contributed by atoms with Crippen LogP contribution in [0.2, 0.25) is 0 Å². The van der Waals surface area contributed by atoms with E-state index in [1.165, 1.54) is 24.5 Å². The molecular formula is C32H42O15. The number of aliphatic hydroxyl groups is 5. The Morgan fingerprint density at radius 3 is 2.43 bits per heavy atom. The third-order valence-corrected chi connectivity index (χ3v) is 8.74. The number of rotatable bonds is 12. The van der Waals surface area contributed by atoms with Gasteiger partial charge in [0.2, 0.25) is 6.29 Å². The van der Waals surface area contributed by atoms with Crippen molar-refractivity contribution in [1.29, 1.82) is 0 Å². The van der Waals surface area contributed by atoms with E-state index in [0.717, 1.165) is 13.0 Å². The number of carbonyl (C=O) groups excluding carboxylic acids is 3. The summed E-state index contributed by atoms with van der Waals surface area (Å²) in [5.74, 6) is -4.50. The highest BCUT2D eigenvalue weighted by atomic mass is 16.7. The van der Waals surface area contributed by atoms with Crippen molar-refractivity contribution in [3.8, 4) is 5.75 Å². The van der Waals surface area contributed by atoms with Gasteiger partial charge in [0.15, 0.2) is 12.4 Å². The molecule has 1 aliphatic carbocycles. The molecule has 0 bridgehead atoms. The number of carbonyl (C=O) groups is 3. The third kappa shape index (κ3) is 8.30. The first kappa shape index (κ1) is 36.3. The number of hydrogen-bond donors (Lipinski definition) is 6. The molecule has 1 unspecified atom stereocenters. The van der Waals surface area contributed by atoms with Gasteiger partial charge in [0, 0.05) is 18.9 Å². The van der Waals surface area contributed by atoms with Crippen LogP contribution in [0.15, 0.2) is 42.2 Å². The molecule has 11 atom stereocenters. The minimum Gasteiger partial charge on any atom is -0.508 e. The van der Waals surface area contributed by atoms with Crippen molar-refractivity contribution in [1.82, 2.24) is 0 Å². The molecule has 0 amide bonds. The monoisotopic (exact) mass is 666 g/mol. The van der Waals surface area contributed by atoms with Crippen LogP contribution in [0.3, 0.4) is 0 Å². The number of hydrogen-bond acceptors (Lipinski definition) is 15. The summed E-state index contributed by atoms with van der Waals surface area (Å²) in [6.45, 7) is 2.95.